The van der Waals surface area contributed by atoms with Crippen LogP contribution in [0.2, 0.25) is 0 Å². The zero-order chi connectivity index (χ0) is 14.0. The van der Waals surface area contributed by atoms with Gasteiger partial charge in [-0.3, -0.25) is 4.98 Å². The molecule has 2 radical (unpaired) electrons. The fraction of sp³-hybridized carbons (Fsp3) is 0.667. The zero-order valence-corrected chi connectivity index (χ0v) is 10.6. The van der Waals surface area contributed by atoms with Gasteiger partial charge in [-0.2, -0.15) is 13.2 Å². The van der Waals surface area contributed by atoms with E-state index >= 15 is 0 Å². The van der Waals surface area contributed by atoms with Crippen LogP contribution in [0.15, 0.2) is 0 Å². The van der Waals surface area contributed by atoms with E-state index in [-0.39, 0.29) is 22.9 Å². The van der Waals surface area contributed by atoms with Gasteiger partial charge in [-0.1, -0.05) is 0 Å². The van der Waals surface area contributed by atoms with Gasteiger partial charge in [0.15, 0.2) is 5.69 Å². The maximum atomic E-state index is 12.8. The Hall–Kier alpha value is -1.11. The molecule has 1 aromatic heterocycles. The molecular weight excluding hydrogens is 256 g/mol. The summed E-state index contributed by atoms with van der Waals surface area (Å²) in [5.74, 6) is 0.161. The number of aryl methyl sites for hydroxylation is 1. The lowest BCUT2D eigenvalue weighted by Crippen LogP contribution is -2.28. The van der Waals surface area contributed by atoms with E-state index in [1.807, 2.05) is 0 Å². The average molecular weight is 270 g/mol. The number of alkyl halides is 3. The van der Waals surface area contributed by atoms with Gasteiger partial charge in [0.05, 0.1) is 11.4 Å². The number of hydrogen-bond donors (Lipinski definition) is 0. The normalized spacial score (nSPS) is 20.5. The second-order valence-electron chi connectivity index (χ2n) is 4.77. The first-order valence-corrected chi connectivity index (χ1v) is 6.16. The molecule has 7 heteroatoms. The first kappa shape index (κ1) is 14.3. The van der Waals surface area contributed by atoms with Gasteiger partial charge >= 0.3 is 6.18 Å². The van der Waals surface area contributed by atoms with E-state index in [0.29, 0.717) is 19.6 Å². The molecule has 1 aliphatic heterocycles. The van der Waals surface area contributed by atoms with E-state index in [1.54, 1.807) is 0 Å². The minimum absolute atomic E-state index is 0.0797. The van der Waals surface area contributed by atoms with Crippen molar-refractivity contribution in [1.82, 2.24) is 9.97 Å². The summed E-state index contributed by atoms with van der Waals surface area (Å²) < 4.78 is 43.6. The van der Waals surface area contributed by atoms with Crippen LogP contribution >= 0.6 is 0 Å². The molecule has 0 N–H and O–H groups in total. The van der Waals surface area contributed by atoms with Gasteiger partial charge in [-0.15, -0.1) is 0 Å². The lowest BCUT2D eigenvalue weighted by atomic mass is 9.91. The van der Waals surface area contributed by atoms with Crippen molar-refractivity contribution in [1.29, 1.82) is 0 Å². The van der Waals surface area contributed by atoms with Gasteiger partial charge in [-0.25, -0.2) is 4.98 Å². The number of ether oxygens (including phenoxy) is 1. The smallest absolute Gasteiger partial charge is 0.381 e. The molecule has 1 unspecified atom stereocenters. The van der Waals surface area contributed by atoms with Crippen molar-refractivity contribution in [3.05, 3.63) is 17.1 Å². The van der Waals surface area contributed by atoms with Crippen molar-refractivity contribution in [2.45, 2.75) is 32.4 Å². The maximum absolute atomic E-state index is 12.8. The Morgan fingerprint density at radius 1 is 1.37 bits per heavy atom. The Balaban J connectivity index is 2.24. The van der Waals surface area contributed by atoms with E-state index in [0.717, 1.165) is 12.8 Å². The Morgan fingerprint density at radius 2 is 2.11 bits per heavy atom. The predicted molar refractivity (Wildman–Crippen MR) is 64.4 cm³/mol. The monoisotopic (exact) mass is 270 g/mol. The van der Waals surface area contributed by atoms with E-state index in [1.165, 1.54) is 6.92 Å². The third kappa shape index (κ3) is 3.46. The maximum Gasteiger partial charge on any atom is 0.435 e. The quantitative estimate of drug-likeness (QED) is 0.765. The van der Waals surface area contributed by atoms with Gasteiger partial charge in [0.2, 0.25) is 0 Å². The molecule has 1 aliphatic rings. The molecule has 1 aromatic rings. The first-order chi connectivity index (χ1) is 8.88. The summed E-state index contributed by atoms with van der Waals surface area (Å²) in [7, 11) is 5.67. The summed E-state index contributed by atoms with van der Waals surface area (Å²) in [5, 5.41) is 0. The Labute approximate surface area is 111 Å². The largest absolute Gasteiger partial charge is 0.435 e. The number of halogens is 3. The van der Waals surface area contributed by atoms with Crippen molar-refractivity contribution in [2.75, 3.05) is 13.2 Å². The summed E-state index contributed by atoms with van der Waals surface area (Å²) in [6.07, 6.45) is -2.29. The van der Waals surface area contributed by atoms with Crippen LogP contribution in [-0.4, -0.2) is 31.0 Å². The van der Waals surface area contributed by atoms with E-state index in [2.05, 4.69) is 9.97 Å². The lowest BCUT2D eigenvalue weighted by Gasteiger charge is -2.22. The molecule has 1 saturated heterocycles. The molecule has 0 bridgehead atoms. The summed E-state index contributed by atoms with van der Waals surface area (Å²) in [4.78, 5) is 7.43. The van der Waals surface area contributed by atoms with Crippen LogP contribution in [0.3, 0.4) is 0 Å². The van der Waals surface area contributed by atoms with Crippen LogP contribution < -0.4 is 5.59 Å². The number of hydrogen-bond acceptors (Lipinski definition) is 3. The number of aromatic nitrogens is 2. The van der Waals surface area contributed by atoms with Crippen LogP contribution in [0.1, 0.15) is 29.9 Å². The molecule has 19 heavy (non-hydrogen) atoms. The van der Waals surface area contributed by atoms with Crippen LogP contribution in [-0.2, 0) is 17.3 Å². The van der Waals surface area contributed by atoms with Crippen molar-refractivity contribution < 1.29 is 17.9 Å². The molecule has 1 fully saturated rings. The molecule has 3 nitrogen and oxygen atoms in total. The third-order valence-electron chi connectivity index (χ3n) is 3.18. The van der Waals surface area contributed by atoms with Crippen LogP contribution in [0.4, 0.5) is 13.2 Å². The molecule has 0 aromatic carbocycles. The van der Waals surface area contributed by atoms with Crippen LogP contribution in [0, 0.1) is 12.8 Å². The van der Waals surface area contributed by atoms with E-state index in [9.17, 15) is 13.2 Å². The molecule has 102 valence electrons. The molecular formula is C12H14BF3N2O. The Bertz CT molecular complexity index is 459. The minimum atomic E-state index is -4.50. The van der Waals surface area contributed by atoms with Crippen molar-refractivity contribution in [3.63, 3.8) is 0 Å². The minimum Gasteiger partial charge on any atom is -0.381 e. The summed E-state index contributed by atoms with van der Waals surface area (Å²) in [6.45, 7) is 2.51. The Morgan fingerprint density at radius 3 is 2.68 bits per heavy atom. The highest BCUT2D eigenvalue weighted by Crippen LogP contribution is 2.29. The zero-order valence-electron chi connectivity index (χ0n) is 10.6. The lowest BCUT2D eigenvalue weighted by molar-refractivity contribution is -0.142. The second-order valence-corrected chi connectivity index (χ2v) is 4.77. The van der Waals surface area contributed by atoms with Crippen LogP contribution in [0.5, 0.6) is 0 Å². The summed E-state index contributed by atoms with van der Waals surface area (Å²) in [6, 6.07) is 0. The van der Waals surface area contributed by atoms with Crippen molar-refractivity contribution in [3.8, 4) is 0 Å². The van der Waals surface area contributed by atoms with Crippen molar-refractivity contribution in [2.24, 2.45) is 5.92 Å². The van der Waals surface area contributed by atoms with Gasteiger partial charge in [0.25, 0.3) is 0 Å². The second kappa shape index (κ2) is 5.49. The summed E-state index contributed by atoms with van der Waals surface area (Å²) in [5.41, 5.74) is -0.841. The Kier molecular flexibility index (Phi) is 4.13. The molecule has 0 saturated carbocycles. The van der Waals surface area contributed by atoms with Crippen LogP contribution in [0.25, 0.3) is 0 Å². The number of rotatable bonds is 2. The van der Waals surface area contributed by atoms with Gasteiger partial charge in [-0.05, 0) is 32.1 Å². The molecule has 0 aliphatic carbocycles. The standard InChI is InChI=1S/C12H14BF3N2O/c1-7-10(12(14,15)16)18-9(11(13)17-7)5-8-3-2-4-19-6-8/h8H,2-6H2,1H3. The molecule has 2 heterocycles. The van der Waals surface area contributed by atoms with E-state index < -0.39 is 11.9 Å². The predicted octanol–water partition coefficient (Wildman–Crippen LogP) is 1.57. The van der Waals surface area contributed by atoms with E-state index in [4.69, 9.17) is 12.6 Å². The van der Waals surface area contributed by atoms with Crippen molar-refractivity contribution >= 4 is 13.4 Å². The first-order valence-electron chi connectivity index (χ1n) is 6.16. The average Bonchev–Trinajstić information content (AvgIpc) is 2.32. The fourth-order valence-corrected chi connectivity index (χ4v) is 2.23. The highest BCUT2D eigenvalue weighted by atomic mass is 19.4. The highest BCUT2D eigenvalue weighted by molar-refractivity contribution is 6.31. The van der Waals surface area contributed by atoms with Gasteiger partial charge in [0, 0.05) is 18.8 Å². The molecule has 0 amide bonds. The SMILES string of the molecule is [B]c1nc(C)c(C(F)(F)F)nc1CC1CCCOC1. The van der Waals surface area contributed by atoms with Gasteiger partial charge in [0.1, 0.15) is 7.85 Å². The van der Waals surface area contributed by atoms with Gasteiger partial charge < -0.3 is 4.74 Å². The molecule has 2 rings (SSSR count). The number of nitrogens with zero attached hydrogens (tertiary/aromatic N) is 2. The third-order valence-corrected chi connectivity index (χ3v) is 3.18. The molecule has 1 atom stereocenters. The highest BCUT2D eigenvalue weighted by Gasteiger charge is 2.36. The fourth-order valence-electron chi connectivity index (χ4n) is 2.23. The molecule has 0 spiro atoms. The topological polar surface area (TPSA) is 35.0 Å². The summed E-state index contributed by atoms with van der Waals surface area (Å²) >= 11 is 0.